The highest BCUT2D eigenvalue weighted by atomic mass is 127. The number of hydrazine groups is 1. The molecule has 2 aliphatic rings. The van der Waals surface area contributed by atoms with E-state index >= 15 is 0 Å². The summed E-state index contributed by atoms with van der Waals surface area (Å²) >= 11 is 6.74. The number of halogens is 1. The second-order valence-electron chi connectivity index (χ2n) is 3.77. The Morgan fingerprint density at radius 2 is 2.40 bits per heavy atom. The Balaban J connectivity index is 1.72. The molecule has 1 fully saturated rings. The van der Waals surface area contributed by atoms with Crippen molar-refractivity contribution in [3.05, 3.63) is 24.0 Å². The van der Waals surface area contributed by atoms with Crippen LogP contribution in [0.25, 0.3) is 0 Å². The number of nitrogens with one attached hydrogen (secondary N) is 2. The van der Waals surface area contributed by atoms with Crippen LogP contribution in [-0.4, -0.2) is 21.9 Å². The van der Waals surface area contributed by atoms with Crippen molar-refractivity contribution in [2.45, 2.75) is 28.2 Å². The molecule has 5 heteroatoms. The Bertz CT molecular complexity index is 283. The highest BCUT2D eigenvalue weighted by Crippen LogP contribution is 2.18. The van der Waals surface area contributed by atoms with Crippen LogP contribution in [0.5, 0.6) is 0 Å². The smallest absolute Gasteiger partial charge is 0.115 e. The van der Waals surface area contributed by atoms with Gasteiger partial charge in [0.25, 0.3) is 0 Å². The minimum atomic E-state index is 0.244. The maximum absolute atomic E-state index is 5.70. The van der Waals surface area contributed by atoms with E-state index < -0.39 is 0 Å². The summed E-state index contributed by atoms with van der Waals surface area (Å²) in [7, 11) is 0. The quantitative estimate of drug-likeness (QED) is 0.417. The first-order chi connectivity index (χ1) is 7.24. The standard InChI is InChI=1S/C10H15IN2OS/c11-7-1-3-9(4-2-7)14-6-8-5-10(15)13-12-8/h1,3-4,7-8,10,12-13,15H,2,5-6H2. The molecule has 2 rings (SSSR count). The minimum Gasteiger partial charge on any atom is -0.492 e. The molecule has 3 nitrogen and oxygen atoms in total. The Labute approximate surface area is 109 Å². The molecule has 1 aliphatic heterocycles. The van der Waals surface area contributed by atoms with Crippen LogP contribution in [0.2, 0.25) is 0 Å². The van der Waals surface area contributed by atoms with E-state index in [9.17, 15) is 0 Å². The molecule has 0 aromatic rings. The van der Waals surface area contributed by atoms with Crippen molar-refractivity contribution >= 4 is 35.2 Å². The summed E-state index contributed by atoms with van der Waals surface area (Å²) in [6, 6.07) is 0.360. The van der Waals surface area contributed by atoms with E-state index in [1.54, 1.807) is 0 Å². The van der Waals surface area contributed by atoms with Crippen molar-refractivity contribution in [3.63, 3.8) is 0 Å². The number of alkyl halides is 1. The zero-order valence-corrected chi connectivity index (χ0v) is 11.4. The average Bonchev–Trinajstić information content (AvgIpc) is 2.64. The SMILES string of the molecule is SC1CC(COC2=CCC(I)C=C2)NN1. The summed E-state index contributed by atoms with van der Waals surface area (Å²) in [6.07, 6.45) is 8.45. The molecular formula is C10H15IN2OS. The van der Waals surface area contributed by atoms with Crippen LogP contribution in [0.4, 0.5) is 0 Å². The summed E-state index contributed by atoms with van der Waals surface area (Å²) in [6.45, 7) is 0.701. The van der Waals surface area contributed by atoms with Crippen LogP contribution >= 0.6 is 35.2 Å². The summed E-state index contributed by atoms with van der Waals surface area (Å²) < 4.78 is 6.31. The Hall–Kier alpha value is 0.280. The van der Waals surface area contributed by atoms with Crippen molar-refractivity contribution in [2.75, 3.05) is 6.61 Å². The lowest BCUT2D eigenvalue weighted by Gasteiger charge is -2.15. The van der Waals surface area contributed by atoms with Crippen molar-refractivity contribution in [1.82, 2.24) is 10.9 Å². The molecule has 1 saturated heterocycles. The summed E-state index contributed by atoms with van der Waals surface area (Å²) in [4.78, 5) is 0. The largest absolute Gasteiger partial charge is 0.492 e. The second-order valence-corrected chi connectivity index (χ2v) is 5.99. The van der Waals surface area contributed by atoms with E-state index in [0.717, 1.165) is 18.6 Å². The molecule has 84 valence electrons. The average molecular weight is 338 g/mol. The lowest BCUT2D eigenvalue weighted by molar-refractivity contribution is 0.192. The van der Waals surface area contributed by atoms with Crippen molar-refractivity contribution in [2.24, 2.45) is 0 Å². The van der Waals surface area contributed by atoms with Gasteiger partial charge in [-0.05, 0) is 25.0 Å². The van der Waals surface area contributed by atoms with Crippen LogP contribution in [0.3, 0.4) is 0 Å². The zero-order valence-electron chi connectivity index (χ0n) is 8.32. The maximum atomic E-state index is 5.70. The predicted octanol–water partition coefficient (Wildman–Crippen LogP) is 1.77. The van der Waals surface area contributed by atoms with Gasteiger partial charge in [0.1, 0.15) is 12.4 Å². The number of hydrogen-bond acceptors (Lipinski definition) is 4. The van der Waals surface area contributed by atoms with E-state index in [0.29, 0.717) is 16.6 Å². The lowest BCUT2D eigenvalue weighted by Crippen LogP contribution is -2.34. The monoisotopic (exact) mass is 338 g/mol. The Kier molecular flexibility index (Phi) is 4.36. The minimum absolute atomic E-state index is 0.244. The highest BCUT2D eigenvalue weighted by molar-refractivity contribution is 14.1. The van der Waals surface area contributed by atoms with Crippen LogP contribution in [0.1, 0.15) is 12.8 Å². The number of allylic oxidation sites excluding steroid dienone is 3. The van der Waals surface area contributed by atoms with Crippen LogP contribution in [0, 0.1) is 0 Å². The van der Waals surface area contributed by atoms with Gasteiger partial charge in [0.2, 0.25) is 0 Å². The number of thiol groups is 1. The fourth-order valence-electron chi connectivity index (χ4n) is 1.59. The molecule has 2 N–H and O–H groups in total. The molecule has 0 spiro atoms. The van der Waals surface area contributed by atoms with Gasteiger partial charge in [-0.2, -0.15) is 12.6 Å². The van der Waals surface area contributed by atoms with Gasteiger partial charge in [-0.1, -0.05) is 28.7 Å². The van der Waals surface area contributed by atoms with Gasteiger partial charge in [0, 0.05) is 3.92 Å². The van der Waals surface area contributed by atoms with Gasteiger partial charge < -0.3 is 4.74 Å². The molecule has 3 atom stereocenters. The van der Waals surface area contributed by atoms with Crippen molar-refractivity contribution in [3.8, 4) is 0 Å². The molecule has 0 amide bonds. The second kappa shape index (κ2) is 5.56. The molecule has 0 aromatic carbocycles. The summed E-state index contributed by atoms with van der Waals surface area (Å²) in [5.41, 5.74) is 6.21. The Morgan fingerprint density at radius 3 is 3.00 bits per heavy atom. The molecule has 3 unspecified atom stereocenters. The van der Waals surface area contributed by atoms with Gasteiger partial charge in [-0.15, -0.1) is 0 Å². The maximum Gasteiger partial charge on any atom is 0.115 e. The molecular weight excluding hydrogens is 323 g/mol. The van der Waals surface area contributed by atoms with Gasteiger partial charge in [0.05, 0.1) is 11.4 Å². The first-order valence-corrected chi connectivity index (χ1v) is 6.84. The molecule has 1 aliphatic carbocycles. The molecule has 15 heavy (non-hydrogen) atoms. The van der Waals surface area contributed by atoms with Crippen molar-refractivity contribution in [1.29, 1.82) is 0 Å². The van der Waals surface area contributed by atoms with Crippen LogP contribution < -0.4 is 10.9 Å². The zero-order chi connectivity index (χ0) is 10.7. The predicted molar refractivity (Wildman–Crippen MR) is 73.1 cm³/mol. The first kappa shape index (κ1) is 11.8. The topological polar surface area (TPSA) is 33.3 Å². The van der Waals surface area contributed by atoms with E-state index in [1.807, 2.05) is 0 Å². The van der Waals surface area contributed by atoms with E-state index in [4.69, 9.17) is 4.74 Å². The molecule has 1 heterocycles. The summed E-state index contributed by atoms with van der Waals surface area (Å²) in [5, 5.41) is 0.244. The van der Waals surface area contributed by atoms with E-state index in [1.165, 1.54) is 0 Å². The highest BCUT2D eigenvalue weighted by Gasteiger charge is 2.21. The lowest BCUT2D eigenvalue weighted by atomic mass is 10.2. The van der Waals surface area contributed by atoms with Gasteiger partial charge in [-0.25, -0.2) is 5.43 Å². The van der Waals surface area contributed by atoms with E-state index in [-0.39, 0.29) is 5.37 Å². The fourth-order valence-corrected chi connectivity index (χ4v) is 2.38. The number of rotatable bonds is 3. The number of hydrogen-bond donors (Lipinski definition) is 3. The van der Waals surface area contributed by atoms with Crippen LogP contribution in [-0.2, 0) is 4.74 Å². The third-order valence-electron chi connectivity index (χ3n) is 2.43. The molecule has 0 saturated carbocycles. The molecule has 0 radical (unpaired) electrons. The fraction of sp³-hybridized carbons (Fsp3) is 0.600. The van der Waals surface area contributed by atoms with Gasteiger partial charge in [0.15, 0.2) is 0 Å². The third-order valence-corrected chi connectivity index (χ3v) is 3.69. The third kappa shape index (κ3) is 3.65. The first-order valence-electron chi connectivity index (χ1n) is 5.08. The van der Waals surface area contributed by atoms with Crippen molar-refractivity contribution < 1.29 is 4.74 Å². The summed E-state index contributed by atoms with van der Waals surface area (Å²) in [5.74, 6) is 0.993. The van der Waals surface area contributed by atoms with Gasteiger partial charge in [-0.3, -0.25) is 5.43 Å². The molecule has 0 aromatic heterocycles. The normalized spacial score (nSPS) is 35.3. The Morgan fingerprint density at radius 1 is 1.53 bits per heavy atom. The molecule has 0 bridgehead atoms. The van der Waals surface area contributed by atoms with Gasteiger partial charge >= 0.3 is 0 Å². The van der Waals surface area contributed by atoms with Crippen LogP contribution in [0.15, 0.2) is 24.0 Å². The number of ether oxygens (including phenoxy) is 1. The van der Waals surface area contributed by atoms with E-state index in [2.05, 4.69) is 64.3 Å².